The zero-order valence-electron chi connectivity index (χ0n) is 14.0. The van der Waals surface area contributed by atoms with E-state index in [0.29, 0.717) is 13.0 Å². The molecule has 0 aromatic rings. The summed E-state index contributed by atoms with van der Waals surface area (Å²) >= 11 is 0. The Labute approximate surface area is 127 Å². The lowest BCUT2D eigenvalue weighted by molar-refractivity contribution is -0.161. The molecular formula is C15H28N2O4. The molecule has 0 rings (SSSR count). The molecule has 6 nitrogen and oxygen atoms in total. The van der Waals surface area contributed by atoms with Gasteiger partial charge in [-0.1, -0.05) is 27.7 Å². The minimum Gasteiger partial charge on any atom is -0.465 e. The van der Waals surface area contributed by atoms with Crippen LogP contribution in [0.15, 0.2) is 0 Å². The summed E-state index contributed by atoms with van der Waals surface area (Å²) in [4.78, 5) is 37.8. The molecule has 0 saturated heterocycles. The molecule has 2 amide bonds. The van der Waals surface area contributed by atoms with Gasteiger partial charge in [0.2, 0.25) is 11.8 Å². The van der Waals surface area contributed by atoms with E-state index in [9.17, 15) is 14.4 Å². The van der Waals surface area contributed by atoms with E-state index in [4.69, 9.17) is 4.74 Å². The van der Waals surface area contributed by atoms with Gasteiger partial charge in [0.15, 0.2) is 0 Å². The number of nitrogens with one attached hydrogen (secondary N) is 1. The highest BCUT2D eigenvalue weighted by Gasteiger charge is 2.41. The monoisotopic (exact) mass is 300 g/mol. The van der Waals surface area contributed by atoms with Gasteiger partial charge >= 0.3 is 5.97 Å². The lowest BCUT2D eigenvalue weighted by Gasteiger charge is -2.32. The van der Waals surface area contributed by atoms with E-state index >= 15 is 0 Å². The van der Waals surface area contributed by atoms with Crippen LogP contribution in [0.3, 0.4) is 0 Å². The number of carbonyl (C=O) groups is 3. The fourth-order valence-corrected chi connectivity index (χ4v) is 2.02. The predicted octanol–water partition coefficient (Wildman–Crippen LogP) is 1.20. The summed E-state index contributed by atoms with van der Waals surface area (Å²) in [6, 6.07) is 0. The van der Waals surface area contributed by atoms with Crippen molar-refractivity contribution in [1.29, 1.82) is 0 Å². The molecule has 0 aliphatic rings. The zero-order valence-corrected chi connectivity index (χ0v) is 14.0. The van der Waals surface area contributed by atoms with Crippen LogP contribution in [0, 0.1) is 11.3 Å². The first-order chi connectivity index (χ1) is 9.68. The molecule has 1 atom stereocenters. The summed E-state index contributed by atoms with van der Waals surface area (Å²) in [5.41, 5.74) is -0.571. The van der Waals surface area contributed by atoms with Gasteiger partial charge in [0, 0.05) is 13.6 Å². The van der Waals surface area contributed by atoms with Crippen LogP contribution < -0.4 is 5.32 Å². The van der Waals surface area contributed by atoms with Gasteiger partial charge in [-0.15, -0.1) is 0 Å². The number of ether oxygens (including phenoxy) is 1. The van der Waals surface area contributed by atoms with Crippen molar-refractivity contribution in [3.63, 3.8) is 0 Å². The second-order valence-electron chi connectivity index (χ2n) is 5.98. The maximum atomic E-state index is 12.7. The maximum absolute atomic E-state index is 12.7. The Morgan fingerprint density at radius 3 is 2.14 bits per heavy atom. The average molecular weight is 300 g/mol. The maximum Gasteiger partial charge on any atom is 0.319 e. The van der Waals surface area contributed by atoms with Crippen molar-refractivity contribution in [2.24, 2.45) is 11.3 Å². The Kier molecular flexibility index (Phi) is 7.99. The van der Waals surface area contributed by atoms with Crippen molar-refractivity contribution >= 4 is 17.8 Å². The summed E-state index contributed by atoms with van der Waals surface area (Å²) < 4.78 is 5.02. The Bertz CT molecular complexity index is 374. The highest BCUT2D eigenvalue weighted by molar-refractivity contribution is 5.99. The average Bonchev–Trinajstić information content (AvgIpc) is 2.36. The van der Waals surface area contributed by atoms with Crippen molar-refractivity contribution in [1.82, 2.24) is 10.2 Å². The first-order valence-corrected chi connectivity index (χ1v) is 7.35. The van der Waals surface area contributed by atoms with E-state index in [1.54, 1.807) is 6.92 Å². The molecule has 0 bridgehead atoms. The van der Waals surface area contributed by atoms with Gasteiger partial charge < -0.3 is 15.0 Å². The molecule has 6 heteroatoms. The first kappa shape index (κ1) is 19.4. The number of rotatable bonds is 7. The molecule has 0 aromatic carbocycles. The number of nitrogens with zero attached hydrogens (tertiary/aromatic N) is 1. The quantitative estimate of drug-likeness (QED) is 0.566. The van der Waals surface area contributed by atoms with E-state index in [0.717, 1.165) is 0 Å². The number of hydrogen-bond donors (Lipinski definition) is 1. The molecule has 0 radical (unpaired) electrons. The topological polar surface area (TPSA) is 75.7 Å². The van der Waals surface area contributed by atoms with Gasteiger partial charge in [0.25, 0.3) is 0 Å². The molecule has 1 N–H and O–H groups in total. The third-order valence-electron chi connectivity index (χ3n) is 3.05. The fraction of sp³-hybridized carbons (Fsp3) is 0.800. The fourth-order valence-electron chi connectivity index (χ4n) is 2.02. The smallest absolute Gasteiger partial charge is 0.319 e. The SMILES string of the molecule is CCCN(CC(=O)NC)C(=O)C(C(=O)OCC)C(C)(C)C. The van der Waals surface area contributed by atoms with Crippen LogP contribution >= 0.6 is 0 Å². The molecular weight excluding hydrogens is 272 g/mol. The highest BCUT2D eigenvalue weighted by Crippen LogP contribution is 2.29. The van der Waals surface area contributed by atoms with Crippen LogP contribution in [-0.2, 0) is 19.1 Å². The van der Waals surface area contributed by atoms with E-state index in [2.05, 4.69) is 5.32 Å². The van der Waals surface area contributed by atoms with Crippen molar-refractivity contribution < 1.29 is 19.1 Å². The number of likely N-dealkylation sites (N-methyl/N-ethyl adjacent to an activating group) is 1. The number of hydrogen-bond acceptors (Lipinski definition) is 4. The zero-order chi connectivity index (χ0) is 16.6. The Morgan fingerprint density at radius 1 is 1.19 bits per heavy atom. The number of carbonyl (C=O) groups excluding carboxylic acids is 3. The standard InChI is InChI=1S/C15H28N2O4/c1-7-9-17(10-11(18)16-6)13(19)12(15(3,4)5)14(20)21-8-2/h12H,7-10H2,1-6H3,(H,16,18). The number of amides is 2. The first-order valence-electron chi connectivity index (χ1n) is 7.35. The van der Waals surface area contributed by atoms with E-state index in [-0.39, 0.29) is 25.0 Å². The molecule has 0 aliphatic carbocycles. The largest absolute Gasteiger partial charge is 0.465 e. The van der Waals surface area contributed by atoms with Crippen LogP contribution in [0.1, 0.15) is 41.0 Å². The van der Waals surface area contributed by atoms with Crippen LogP contribution in [0.2, 0.25) is 0 Å². The van der Waals surface area contributed by atoms with Crippen LogP contribution in [0.4, 0.5) is 0 Å². The summed E-state index contributed by atoms with van der Waals surface area (Å²) in [6.07, 6.45) is 0.711. The lowest BCUT2D eigenvalue weighted by Crippen LogP contribution is -2.49. The molecule has 0 fully saturated rings. The van der Waals surface area contributed by atoms with E-state index < -0.39 is 17.3 Å². The molecule has 0 spiro atoms. The normalized spacial score (nSPS) is 12.5. The Balaban J connectivity index is 5.29. The summed E-state index contributed by atoms with van der Waals surface area (Å²) in [7, 11) is 1.52. The van der Waals surface area contributed by atoms with Crippen molar-refractivity contribution in [2.75, 3.05) is 26.7 Å². The summed E-state index contributed by atoms with van der Waals surface area (Å²) in [5, 5.41) is 2.49. The van der Waals surface area contributed by atoms with Crippen LogP contribution in [-0.4, -0.2) is 49.4 Å². The third-order valence-corrected chi connectivity index (χ3v) is 3.05. The second kappa shape index (κ2) is 8.64. The Morgan fingerprint density at radius 2 is 1.76 bits per heavy atom. The molecule has 1 unspecified atom stereocenters. The highest BCUT2D eigenvalue weighted by atomic mass is 16.5. The molecule has 21 heavy (non-hydrogen) atoms. The third kappa shape index (κ3) is 6.14. The minimum absolute atomic E-state index is 0.0465. The second-order valence-corrected chi connectivity index (χ2v) is 5.98. The molecule has 122 valence electrons. The lowest BCUT2D eigenvalue weighted by atomic mass is 9.79. The molecule has 0 heterocycles. The summed E-state index contributed by atoms with van der Waals surface area (Å²) in [5.74, 6) is -2.05. The number of esters is 1. The minimum atomic E-state index is -0.909. The van der Waals surface area contributed by atoms with Gasteiger partial charge in [-0.2, -0.15) is 0 Å². The van der Waals surface area contributed by atoms with Gasteiger partial charge in [-0.05, 0) is 18.8 Å². The molecule has 0 aliphatic heterocycles. The van der Waals surface area contributed by atoms with Crippen molar-refractivity contribution in [3.05, 3.63) is 0 Å². The van der Waals surface area contributed by atoms with Crippen molar-refractivity contribution in [2.45, 2.75) is 41.0 Å². The predicted molar refractivity (Wildman–Crippen MR) is 80.5 cm³/mol. The van der Waals surface area contributed by atoms with Gasteiger partial charge in [-0.25, -0.2) is 0 Å². The molecule has 0 aromatic heterocycles. The van der Waals surface area contributed by atoms with E-state index in [1.165, 1.54) is 11.9 Å². The van der Waals surface area contributed by atoms with Crippen LogP contribution in [0.25, 0.3) is 0 Å². The Hall–Kier alpha value is -1.59. The van der Waals surface area contributed by atoms with Crippen LogP contribution in [0.5, 0.6) is 0 Å². The van der Waals surface area contributed by atoms with E-state index in [1.807, 2.05) is 27.7 Å². The van der Waals surface area contributed by atoms with Gasteiger partial charge in [0.05, 0.1) is 13.2 Å². The van der Waals surface area contributed by atoms with Gasteiger partial charge in [0.1, 0.15) is 5.92 Å². The summed E-state index contributed by atoms with van der Waals surface area (Å²) in [6.45, 7) is 9.68. The molecule has 0 saturated carbocycles. The van der Waals surface area contributed by atoms with Gasteiger partial charge in [-0.3, -0.25) is 14.4 Å². The van der Waals surface area contributed by atoms with Crippen molar-refractivity contribution in [3.8, 4) is 0 Å².